The Kier molecular flexibility index (Phi) is 3.19. The first-order chi connectivity index (χ1) is 9.94. The van der Waals surface area contributed by atoms with Crippen molar-refractivity contribution >= 4 is 22.6 Å². The van der Waals surface area contributed by atoms with E-state index in [0.29, 0.717) is 11.3 Å². The molecule has 3 heterocycles. The number of carbonyl (C=O) groups excluding carboxylic acids is 1. The highest BCUT2D eigenvalue weighted by Gasteiger charge is 2.34. The van der Waals surface area contributed by atoms with Crippen molar-refractivity contribution in [3.05, 3.63) is 30.1 Å². The number of hydrogen-bond acceptors (Lipinski definition) is 4. The minimum absolute atomic E-state index is 0.161. The summed E-state index contributed by atoms with van der Waals surface area (Å²) in [6.45, 7) is 0.552. The van der Waals surface area contributed by atoms with Gasteiger partial charge in [-0.3, -0.25) is 4.79 Å². The van der Waals surface area contributed by atoms with Crippen LogP contribution in [0.25, 0.3) is 10.9 Å². The Bertz CT molecular complexity index is 694. The summed E-state index contributed by atoms with van der Waals surface area (Å²) in [6.07, 6.45) is 1.15. The molecule has 21 heavy (non-hydrogen) atoms. The SMILES string of the molecule is NC(=O)c1cc2ccc(N3CCC(F)(F)CC3)nc2cn1. The van der Waals surface area contributed by atoms with Gasteiger partial charge in [0.15, 0.2) is 0 Å². The number of nitrogens with two attached hydrogens (primary N) is 1. The minimum atomic E-state index is -2.58. The number of fused-ring (bicyclic) bond motifs is 1. The zero-order chi connectivity index (χ0) is 15.0. The van der Waals surface area contributed by atoms with E-state index in [1.807, 2.05) is 4.90 Å². The topological polar surface area (TPSA) is 72.1 Å². The molecule has 1 fully saturated rings. The van der Waals surface area contributed by atoms with E-state index in [-0.39, 0.29) is 31.6 Å². The number of aromatic nitrogens is 2. The normalized spacial score (nSPS) is 17.9. The van der Waals surface area contributed by atoms with E-state index < -0.39 is 11.8 Å². The predicted octanol–water partition coefficient (Wildman–Crippen LogP) is 1.96. The van der Waals surface area contributed by atoms with E-state index >= 15 is 0 Å². The van der Waals surface area contributed by atoms with Gasteiger partial charge in [0, 0.05) is 31.3 Å². The molecule has 0 aliphatic carbocycles. The molecule has 2 aromatic heterocycles. The van der Waals surface area contributed by atoms with Crippen LogP contribution in [0, 0.1) is 0 Å². The van der Waals surface area contributed by atoms with Crippen LogP contribution in [0.1, 0.15) is 23.3 Å². The first kappa shape index (κ1) is 13.7. The standard InChI is InChI=1S/C14H14F2N4O/c15-14(16)3-5-20(6-4-14)12-2-1-9-7-10(13(17)21)18-8-11(9)19-12/h1-2,7-8H,3-6H2,(H2,17,21). The summed E-state index contributed by atoms with van der Waals surface area (Å²) in [7, 11) is 0. The zero-order valence-corrected chi connectivity index (χ0v) is 11.2. The second-order valence-corrected chi connectivity index (χ2v) is 5.14. The number of rotatable bonds is 2. The van der Waals surface area contributed by atoms with E-state index in [2.05, 4.69) is 9.97 Å². The lowest BCUT2D eigenvalue weighted by Crippen LogP contribution is -2.39. The molecule has 0 unspecified atom stereocenters. The van der Waals surface area contributed by atoms with E-state index in [1.54, 1.807) is 18.2 Å². The van der Waals surface area contributed by atoms with Crippen LogP contribution in [-0.4, -0.2) is 34.9 Å². The highest BCUT2D eigenvalue weighted by atomic mass is 19.3. The van der Waals surface area contributed by atoms with Gasteiger partial charge >= 0.3 is 0 Å². The third kappa shape index (κ3) is 2.76. The molecule has 3 rings (SSSR count). The van der Waals surface area contributed by atoms with Crippen molar-refractivity contribution in [1.29, 1.82) is 0 Å². The average Bonchev–Trinajstić information content (AvgIpc) is 2.46. The van der Waals surface area contributed by atoms with E-state index in [4.69, 9.17) is 5.73 Å². The van der Waals surface area contributed by atoms with Gasteiger partial charge in [-0.25, -0.2) is 18.7 Å². The minimum Gasteiger partial charge on any atom is -0.364 e. The summed E-state index contributed by atoms with van der Waals surface area (Å²) in [6, 6.07) is 5.12. The van der Waals surface area contributed by atoms with Crippen molar-refractivity contribution in [3.8, 4) is 0 Å². The Morgan fingerprint density at radius 3 is 2.67 bits per heavy atom. The predicted molar refractivity (Wildman–Crippen MR) is 74.4 cm³/mol. The molecule has 2 aromatic rings. The number of amides is 1. The monoisotopic (exact) mass is 292 g/mol. The molecule has 1 aliphatic rings. The zero-order valence-electron chi connectivity index (χ0n) is 11.2. The number of carbonyl (C=O) groups is 1. The van der Waals surface area contributed by atoms with Crippen LogP contribution in [0.2, 0.25) is 0 Å². The van der Waals surface area contributed by atoms with Crippen molar-refractivity contribution in [2.75, 3.05) is 18.0 Å². The van der Waals surface area contributed by atoms with E-state index in [9.17, 15) is 13.6 Å². The highest BCUT2D eigenvalue weighted by molar-refractivity contribution is 5.94. The summed E-state index contributed by atoms with van der Waals surface area (Å²) in [5.41, 5.74) is 5.96. The number of alkyl halides is 2. The lowest BCUT2D eigenvalue weighted by atomic mass is 10.1. The Hall–Kier alpha value is -2.31. The fraction of sp³-hybridized carbons (Fsp3) is 0.357. The number of piperidine rings is 1. The fourth-order valence-corrected chi connectivity index (χ4v) is 2.39. The lowest BCUT2D eigenvalue weighted by Gasteiger charge is -2.32. The van der Waals surface area contributed by atoms with Gasteiger partial charge in [-0.15, -0.1) is 0 Å². The molecular weight excluding hydrogens is 278 g/mol. The highest BCUT2D eigenvalue weighted by Crippen LogP contribution is 2.30. The summed E-state index contributed by atoms with van der Waals surface area (Å²) < 4.78 is 26.3. The average molecular weight is 292 g/mol. The summed E-state index contributed by atoms with van der Waals surface area (Å²) >= 11 is 0. The molecule has 5 nitrogen and oxygen atoms in total. The number of pyridine rings is 2. The maximum atomic E-state index is 13.2. The molecule has 2 N–H and O–H groups in total. The molecule has 0 radical (unpaired) electrons. The van der Waals surface area contributed by atoms with Crippen LogP contribution in [0.4, 0.5) is 14.6 Å². The molecule has 1 saturated heterocycles. The van der Waals surface area contributed by atoms with Gasteiger partial charge in [0.05, 0.1) is 11.7 Å². The molecule has 0 bridgehead atoms. The third-order valence-corrected chi connectivity index (χ3v) is 3.63. The van der Waals surface area contributed by atoms with Gasteiger partial charge in [0.1, 0.15) is 11.5 Å². The second-order valence-electron chi connectivity index (χ2n) is 5.14. The van der Waals surface area contributed by atoms with Crippen LogP contribution in [-0.2, 0) is 0 Å². The van der Waals surface area contributed by atoms with Crippen molar-refractivity contribution in [3.63, 3.8) is 0 Å². The number of nitrogens with zero attached hydrogens (tertiary/aromatic N) is 3. The van der Waals surface area contributed by atoms with E-state index in [1.165, 1.54) is 6.20 Å². The van der Waals surface area contributed by atoms with Gasteiger partial charge in [0.2, 0.25) is 0 Å². The summed E-state index contributed by atoms with van der Waals surface area (Å²) in [5.74, 6) is -2.53. The van der Waals surface area contributed by atoms with E-state index in [0.717, 1.165) is 5.39 Å². The molecule has 110 valence electrons. The second kappa shape index (κ2) is 4.91. The molecule has 0 spiro atoms. The maximum Gasteiger partial charge on any atom is 0.267 e. The van der Waals surface area contributed by atoms with Crippen molar-refractivity contribution in [1.82, 2.24) is 9.97 Å². The smallest absolute Gasteiger partial charge is 0.267 e. The largest absolute Gasteiger partial charge is 0.364 e. The molecule has 0 aromatic carbocycles. The number of hydrogen-bond donors (Lipinski definition) is 1. The van der Waals surface area contributed by atoms with Crippen molar-refractivity contribution in [2.24, 2.45) is 5.73 Å². The Balaban J connectivity index is 1.88. The first-order valence-corrected chi connectivity index (χ1v) is 6.64. The van der Waals surface area contributed by atoms with Crippen molar-refractivity contribution < 1.29 is 13.6 Å². The number of halogens is 2. The number of primary amides is 1. The maximum absolute atomic E-state index is 13.2. The van der Waals surface area contributed by atoms with Crippen LogP contribution < -0.4 is 10.6 Å². The van der Waals surface area contributed by atoms with Gasteiger partial charge in [0.25, 0.3) is 11.8 Å². The Morgan fingerprint density at radius 2 is 2.00 bits per heavy atom. The molecule has 1 amide bonds. The van der Waals surface area contributed by atoms with Gasteiger partial charge < -0.3 is 10.6 Å². The van der Waals surface area contributed by atoms with Gasteiger partial charge in [-0.2, -0.15) is 0 Å². The van der Waals surface area contributed by atoms with Crippen LogP contribution >= 0.6 is 0 Å². The molecule has 0 atom stereocenters. The van der Waals surface area contributed by atoms with Crippen LogP contribution in [0.3, 0.4) is 0 Å². The summed E-state index contributed by atoms with van der Waals surface area (Å²) in [5, 5.41) is 0.741. The Labute approximate surface area is 119 Å². The van der Waals surface area contributed by atoms with Gasteiger partial charge in [-0.05, 0) is 18.2 Å². The van der Waals surface area contributed by atoms with Crippen molar-refractivity contribution in [2.45, 2.75) is 18.8 Å². The Morgan fingerprint density at radius 1 is 1.29 bits per heavy atom. The molecule has 0 saturated carbocycles. The fourth-order valence-electron chi connectivity index (χ4n) is 2.39. The summed E-state index contributed by atoms with van der Waals surface area (Å²) in [4.78, 5) is 21.3. The quantitative estimate of drug-likeness (QED) is 0.918. The van der Waals surface area contributed by atoms with Crippen LogP contribution in [0.15, 0.2) is 24.4 Å². The first-order valence-electron chi connectivity index (χ1n) is 6.64. The molecule has 1 aliphatic heterocycles. The third-order valence-electron chi connectivity index (χ3n) is 3.63. The number of anilines is 1. The molecular formula is C14H14F2N4O. The lowest BCUT2D eigenvalue weighted by molar-refractivity contribution is -0.0221. The van der Waals surface area contributed by atoms with Crippen LogP contribution in [0.5, 0.6) is 0 Å². The molecule has 7 heteroatoms. The van der Waals surface area contributed by atoms with Gasteiger partial charge in [-0.1, -0.05) is 0 Å².